The standard InChI is InChI=1S/C9H11NSeSi/c1-12(2,10-8-11)9-6-4-3-5-7-9/h3-7H,1-2H3. The first-order valence-electron chi connectivity index (χ1n) is 3.81. The molecule has 0 N–H and O–H groups in total. The maximum atomic E-state index is 4.36. The molecule has 1 aromatic rings. The monoisotopic (exact) mass is 241 g/mol. The summed E-state index contributed by atoms with van der Waals surface area (Å²) in [5.41, 5.74) is 0. The van der Waals surface area contributed by atoms with E-state index >= 15 is 0 Å². The number of hydrogen-bond donors (Lipinski definition) is 0. The molecule has 0 aliphatic carbocycles. The molecule has 0 unspecified atom stereocenters. The molecule has 0 saturated carbocycles. The Bertz CT molecular complexity index is 302. The molecule has 0 saturated heterocycles. The second-order valence-electron chi connectivity index (χ2n) is 3.13. The minimum atomic E-state index is -1.60. The van der Waals surface area contributed by atoms with E-state index in [1.165, 1.54) is 5.19 Å². The molecule has 0 aliphatic heterocycles. The van der Waals surface area contributed by atoms with Gasteiger partial charge in [0.2, 0.25) is 0 Å². The van der Waals surface area contributed by atoms with Crippen LogP contribution in [0.5, 0.6) is 0 Å². The molecule has 0 aliphatic rings. The summed E-state index contributed by atoms with van der Waals surface area (Å²) in [6, 6.07) is 10.4. The van der Waals surface area contributed by atoms with Crippen molar-refractivity contribution in [1.82, 2.24) is 0 Å². The predicted octanol–water partition coefficient (Wildman–Crippen LogP) is 1.17. The van der Waals surface area contributed by atoms with Gasteiger partial charge in [-0.05, 0) is 0 Å². The fourth-order valence-corrected chi connectivity index (χ4v) is 3.83. The third-order valence-corrected chi connectivity index (χ3v) is 4.78. The van der Waals surface area contributed by atoms with Gasteiger partial charge in [-0.1, -0.05) is 0 Å². The topological polar surface area (TPSA) is 12.4 Å². The Labute approximate surface area is 82.0 Å². The zero-order valence-corrected chi connectivity index (χ0v) is 9.96. The summed E-state index contributed by atoms with van der Waals surface area (Å²) in [7, 11) is -1.60. The van der Waals surface area contributed by atoms with Crippen molar-refractivity contribution in [2.45, 2.75) is 13.1 Å². The van der Waals surface area contributed by atoms with Crippen LogP contribution in [0.25, 0.3) is 0 Å². The zero-order valence-electron chi connectivity index (χ0n) is 7.24. The summed E-state index contributed by atoms with van der Waals surface area (Å²) in [5.74, 6) is 0. The Kier molecular flexibility index (Phi) is 3.18. The number of hydrogen-bond acceptors (Lipinski definition) is 1. The molecule has 0 amide bonds. The summed E-state index contributed by atoms with van der Waals surface area (Å²) >= 11 is 2.69. The Balaban J connectivity index is 3.05. The second kappa shape index (κ2) is 3.97. The zero-order chi connectivity index (χ0) is 9.03. The molecule has 0 bridgehead atoms. The van der Waals surface area contributed by atoms with Crippen LogP contribution in [-0.4, -0.2) is 28.5 Å². The second-order valence-corrected chi connectivity index (χ2v) is 7.43. The molecule has 0 aromatic heterocycles. The first-order valence-corrected chi connectivity index (χ1v) is 7.62. The van der Waals surface area contributed by atoms with E-state index in [0.717, 1.165) is 0 Å². The Morgan fingerprint density at radius 1 is 1.25 bits per heavy atom. The fourth-order valence-electron chi connectivity index (χ4n) is 1.02. The van der Waals surface area contributed by atoms with Crippen LogP contribution >= 0.6 is 0 Å². The van der Waals surface area contributed by atoms with Crippen molar-refractivity contribution in [3.05, 3.63) is 30.3 Å². The van der Waals surface area contributed by atoms with E-state index in [1.807, 2.05) is 6.07 Å². The normalized spacial score (nSPS) is 10.5. The van der Waals surface area contributed by atoms with Crippen LogP contribution < -0.4 is 5.19 Å². The van der Waals surface area contributed by atoms with Gasteiger partial charge in [-0.15, -0.1) is 0 Å². The van der Waals surface area contributed by atoms with Crippen LogP contribution in [0.1, 0.15) is 0 Å². The van der Waals surface area contributed by atoms with Crippen LogP contribution in [-0.2, 0) is 0 Å². The van der Waals surface area contributed by atoms with Gasteiger partial charge >= 0.3 is 81.8 Å². The fraction of sp³-hybridized carbons (Fsp3) is 0.222. The average Bonchev–Trinajstić information content (AvgIpc) is 2.06. The number of benzene rings is 1. The molecular weight excluding hydrogens is 229 g/mol. The first-order chi connectivity index (χ1) is 5.67. The maximum absolute atomic E-state index is 4.36. The van der Waals surface area contributed by atoms with Crippen LogP contribution in [0.4, 0.5) is 0 Å². The van der Waals surface area contributed by atoms with E-state index < -0.39 is 8.24 Å². The van der Waals surface area contributed by atoms with Gasteiger partial charge in [-0.25, -0.2) is 0 Å². The van der Waals surface area contributed by atoms with Crippen molar-refractivity contribution in [3.63, 3.8) is 0 Å². The van der Waals surface area contributed by atoms with E-state index in [1.54, 1.807) is 0 Å². The Morgan fingerprint density at radius 2 is 1.83 bits per heavy atom. The summed E-state index contributed by atoms with van der Waals surface area (Å²) < 4.78 is 7.13. The van der Waals surface area contributed by atoms with Crippen LogP contribution in [0, 0.1) is 0 Å². The summed E-state index contributed by atoms with van der Waals surface area (Å²) in [6.45, 7) is 4.40. The summed E-state index contributed by atoms with van der Waals surface area (Å²) in [4.78, 5) is 0. The van der Waals surface area contributed by atoms with Crippen LogP contribution in [0.2, 0.25) is 13.1 Å². The molecule has 1 nitrogen and oxygen atoms in total. The molecule has 3 heteroatoms. The van der Waals surface area contributed by atoms with Gasteiger partial charge in [-0.3, -0.25) is 0 Å². The van der Waals surface area contributed by atoms with E-state index in [9.17, 15) is 0 Å². The van der Waals surface area contributed by atoms with Crippen LogP contribution in [0.3, 0.4) is 0 Å². The van der Waals surface area contributed by atoms with E-state index in [-0.39, 0.29) is 0 Å². The molecule has 1 aromatic carbocycles. The van der Waals surface area contributed by atoms with E-state index in [0.29, 0.717) is 0 Å². The van der Waals surface area contributed by atoms with Gasteiger partial charge < -0.3 is 0 Å². The predicted molar refractivity (Wildman–Crippen MR) is 56.7 cm³/mol. The van der Waals surface area contributed by atoms with E-state index in [2.05, 4.69) is 62.3 Å². The van der Waals surface area contributed by atoms with Gasteiger partial charge in [-0.2, -0.15) is 0 Å². The third kappa shape index (κ3) is 2.26. The van der Waals surface area contributed by atoms with Crippen molar-refractivity contribution in [2.75, 3.05) is 0 Å². The summed E-state index contributed by atoms with van der Waals surface area (Å²) in [6.07, 6.45) is 0. The Hall–Kier alpha value is -0.464. The van der Waals surface area contributed by atoms with Gasteiger partial charge in [0.1, 0.15) is 0 Å². The molecule has 0 fully saturated rings. The Morgan fingerprint density at radius 3 is 2.33 bits per heavy atom. The molecule has 12 heavy (non-hydrogen) atoms. The van der Waals surface area contributed by atoms with Gasteiger partial charge in [0.05, 0.1) is 0 Å². The molecule has 0 atom stereocenters. The van der Waals surface area contributed by atoms with Gasteiger partial charge in [0, 0.05) is 0 Å². The van der Waals surface area contributed by atoms with Crippen LogP contribution in [0.15, 0.2) is 35.0 Å². The average molecular weight is 240 g/mol. The molecule has 62 valence electrons. The molecular formula is C9H11NSeSi. The third-order valence-electron chi connectivity index (χ3n) is 1.81. The van der Waals surface area contributed by atoms with Crippen molar-refractivity contribution < 1.29 is 0 Å². The minimum absolute atomic E-state index is 1.34. The quantitative estimate of drug-likeness (QED) is 0.543. The van der Waals surface area contributed by atoms with Gasteiger partial charge in [0.25, 0.3) is 0 Å². The van der Waals surface area contributed by atoms with Crippen molar-refractivity contribution in [3.8, 4) is 0 Å². The molecule has 1 rings (SSSR count). The van der Waals surface area contributed by atoms with Crippen molar-refractivity contribution in [2.24, 2.45) is 4.66 Å². The SMILES string of the molecule is C[Si](C)(N=C=[Se])c1ccccc1. The first kappa shape index (κ1) is 9.62. The summed E-state index contributed by atoms with van der Waals surface area (Å²) in [5, 5.41) is 1.34. The molecule has 0 radical (unpaired) electrons. The molecule has 0 spiro atoms. The number of rotatable bonds is 2. The molecule has 0 heterocycles. The van der Waals surface area contributed by atoms with Crippen molar-refractivity contribution >= 4 is 33.7 Å². The number of nitrogens with zero attached hydrogens (tertiary/aromatic N) is 1. The van der Waals surface area contributed by atoms with E-state index in [4.69, 9.17) is 0 Å². The van der Waals surface area contributed by atoms with Crippen molar-refractivity contribution in [1.29, 1.82) is 0 Å². The van der Waals surface area contributed by atoms with Gasteiger partial charge in [0.15, 0.2) is 0 Å².